The summed E-state index contributed by atoms with van der Waals surface area (Å²) < 4.78 is 17.6. The van der Waals surface area contributed by atoms with Gasteiger partial charge in [0.05, 0.1) is 11.6 Å². The van der Waals surface area contributed by atoms with Crippen molar-refractivity contribution in [1.82, 2.24) is 10.2 Å². The van der Waals surface area contributed by atoms with Crippen molar-refractivity contribution in [1.29, 1.82) is 0 Å². The summed E-state index contributed by atoms with van der Waals surface area (Å²) in [4.78, 5) is 26.6. The first-order valence-corrected chi connectivity index (χ1v) is 12.2. The number of amides is 2. The number of carbonyl (C=O) groups is 1. The Morgan fingerprint density at radius 1 is 0.973 bits per heavy atom. The molecule has 1 N–H and O–H groups in total. The van der Waals surface area contributed by atoms with Crippen LogP contribution in [0.15, 0.2) is 99.5 Å². The van der Waals surface area contributed by atoms with Crippen LogP contribution in [0.3, 0.4) is 0 Å². The van der Waals surface area contributed by atoms with E-state index < -0.39 is 11.7 Å². The molecule has 1 aliphatic rings. The summed E-state index contributed by atoms with van der Waals surface area (Å²) in [5, 5.41) is 4.02. The average Bonchev–Trinajstić information content (AvgIpc) is 2.91. The van der Waals surface area contributed by atoms with Crippen molar-refractivity contribution in [2.45, 2.75) is 13.0 Å². The van der Waals surface area contributed by atoms with Gasteiger partial charge in [-0.05, 0) is 29.7 Å². The normalized spacial score (nSPS) is 15.6. The number of nitrogens with zero attached hydrogens (tertiary/aromatic N) is 1. The fourth-order valence-electron chi connectivity index (χ4n) is 4.39. The van der Waals surface area contributed by atoms with Crippen molar-refractivity contribution in [3.05, 3.63) is 111 Å². The maximum atomic E-state index is 12.8. The van der Waals surface area contributed by atoms with Crippen LogP contribution in [0.1, 0.15) is 18.5 Å². The fraction of sp³-hybridized carbons (Fsp3) is 0.172. The molecule has 188 valence electrons. The minimum absolute atomic E-state index is 0.0103. The van der Waals surface area contributed by atoms with E-state index in [0.717, 1.165) is 16.7 Å². The smallest absolute Gasteiger partial charge is 0.336 e. The summed E-state index contributed by atoms with van der Waals surface area (Å²) in [5.74, 6) is 0.909. The van der Waals surface area contributed by atoms with Gasteiger partial charge in [0.2, 0.25) is 0 Å². The number of hydrogen-bond donors (Lipinski definition) is 1. The molecular formula is C29H25ClN2O5. The Morgan fingerprint density at radius 2 is 1.68 bits per heavy atom. The number of hydrogen-bond acceptors (Lipinski definition) is 5. The van der Waals surface area contributed by atoms with Crippen molar-refractivity contribution in [2.24, 2.45) is 0 Å². The van der Waals surface area contributed by atoms with Crippen LogP contribution in [0, 0.1) is 0 Å². The molecule has 0 saturated carbocycles. The molecule has 1 aliphatic heterocycles. The first kappa shape index (κ1) is 24.5. The molecule has 0 radical (unpaired) electrons. The highest BCUT2D eigenvalue weighted by atomic mass is 35.5. The number of benzene rings is 3. The molecule has 0 fully saturated rings. The Hall–Kier alpha value is -4.23. The van der Waals surface area contributed by atoms with Gasteiger partial charge >= 0.3 is 11.7 Å². The van der Waals surface area contributed by atoms with Gasteiger partial charge < -0.3 is 19.2 Å². The molecule has 7 nitrogen and oxygen atoms in total. The van der Waals surface area contributed by atoms with Gasteiger partial charge in [-0.3, -0.25) is 4.90 Å². The van der Waals surface area contributed by atoms with Gasteiger partial charge in [0.15, 0.2) is 0 Å². The summed E-state index contributed by atoms with van der Waals surface area (Å²) in [6, 6.07) is 23.2. The molecule has 1 aromatic heterocycles. The molecule has 2 amide bonds. The van der Waals surface area contributed by atoms with Gasteiger partial charge in [0.1, 0.15) is 35.4 Å². The minimum Gasteiger partial charge on any atom is -0.494 e. The van der Waals surface area contributed by atoms with Crippen LogP contribution in [0.4, 0.5) is 4.79 Å². The van der Waals surface area contributed by atoms with E-state index in [9.17, 15) is 9.59 Å². The third kappa shape index (κ3) is 4.90. The Labute approximate surface area is 218 Å². The highest BCUT2D eigenvalue weighted by molar-refractivity contribution is 6.33. The van der Waals surface area contributed by atoms with Crippen molar-refractivity contribution in [3.63, 3.8) is 0 Å². The third-order valence-electron chi connectivity index (χ3n) is 6.20. The Morgan fingerprint density at radius 3 is 2.38 bits per heavy atom. The molecule has 4 aromatic rings. The summed E-state index contributed by atoms with van der Waals surface area (Å²) in [6.07, 6.45) is 0. The predicted molar refractivity (Wildman–Crippen MR) is 143 cm³/mol. The van der Waals surface area contributed by atoms with Gasteiger partial charge in [0.25, 0.3) is 0 Å². The number of likely N-dealkylation sites (N-methyl/N-ethyl adjacent to an activating group) is 1. The van der Waals surface area contributed by atoms with Crippen LogP contribution in [0.2, 0.25) is 5.02 Å². The number of carbonyl (C=O) groups excluding carboxylic acids is 1. The topological polar surface area (TPSA) is 81.0 Å². The van der Waals surface area contributed by atoms with Crippen molar-refractivity contribution in [2.75, 3.05) is 20.3 Å². The standard InChI is InChI=1S/C29H25ClN2O5/c1-3-35-28-23(32(2)29(34)31-27(28)19-12-8-5-9-13-19)17-36-25-16-24-21(14-22(25)30)20(15-26(33)37-24)18-10-6-4-7-11-18/h4-16,27H,3,17H2,1-2H3,(H,31,34)/t27-/m1/s1. The average molecular weight is 517 g/mol. The zero-order valence-electron chi connectivity index (χ0n) is 20.4. The largest absolute Gasteiger partial charge is 0.494 e. The van der Waals surface area contributed by atoms with Crippen LogP contribution in [0.5, 0.6) is 5.75 Å². The fourth-order valence-corrected chi connectivity index (χ4v) is 4.61. The SMILES string of the molecule is CCOC1=C(COc2cc3oc(=O)cc(-c4ccccc4)c3cc2Cl)N(C)C(=O)N[C@@H]1c1ccccc1. The van der Waals surface area contributed by atoms with Gasteiger partial charge in [-0.15, -0.1) is 0 Å². The van der Waals surface area contributed by atoms with E-state index in [1.54, 1.807) is 19.2 Å². The third-order valence-corrected chi connectivity index (χ3v) is 6.50. The molecule has 37 heavy (non-hydrogen) atoms. The minimum atomic E-state index is -0.477. The van der Waals surface area contributed by atoms with E-state index in [1.165, 1.54) is 11.0 Å². The van der Waals surface area contributed by atoms with Gasteiger partial charge in [-0.1, -0.05) is 72.3 Å². The Balaban J connectivity index is 1.52. The zero-order valence-corrected chi connectivity index (χ0v) is 21.1. The molecule has 0 bridgehead atoms. The monoisotopic (exact) mass is 516 g/mol. The number of fused-ring (bicyclic) bond motifs is 1. The lowest BCUT2D eigenvalue weighted by atomic mass is 10.0. The van der Waals surface area contributed by atoms with Gasteiger partial charge in [-0.25, -0.2) is 9.59 Å². The van der Waals surface area contributed by atoms with E-state index in [1.807, 2.05) is 67.6 Å². The first-order valence-electron chi connectivity index (χ1n) is 11.9. The van der Waals surface area contributed by atoms with Crippen LogP contribution in [-0.2, 0) is 4.74 Å². The van der Waals surface area contributed by atoms with Crippen LogP contribution in [-0.4, -0.2) is 31.2 Å². The number of rotatable bonds is 7. The highest BCUT2D eigenvalue weighted by Gasteiger charge is 2.34. The molecule has 0 spiro atoms. The number of halogens is 1. The summed E-state index contributed by atoms with van der Waals surface area (Å²) in [5.41, 5.74) is 2.92. The lowest BCUT2D eigenvalue weighted by molar-refractivity contribution is 0.149. The lowest BCUT2D eigenvalue weighted by Crippen LogP contribution is -2.46. The van der Waals surface area contributed by atoms with Crippen molar-refractivity contribution >= 4 is 28.6 Å². The van der Waals surface area contributed by atoms with E-state index in [2.05, 4.69) is 5.32 Å². The second-order valence-electron chi connectivity index (χ2n) is 8.51. The van der Waals surface area contributed by atoms with Crippen LogP contribution in [0.25, 0.3) is 22.1 Å². The summed E-state index contributed by atoms with van der Waals surface area (Å²) >= 11 is 6.62. The lowest BCUT2D eigenvalue weighted by Gasteiger charge is -2.34. The maximum absolute atomic E-state index is 12.8. The molecule has 2 heterocycles. The second kappa shape index (κ2) is 10.4. The molecule has 1 atom stereocenters. The summed E-state index contributed by atoms with van der Waals surface area (Å²) in [7, 11) is 1.65. The van der Waals surface area contributed by atoms with Crippen molar-refractivity contribution in [3.8, 4) is 16.9 Å². The van der Waals surface area contributed by atoms with E-state index in [-0.39, 0.29) is 12.6 Å². The van der Waals surface area contributed by atoms with Gasteiger partial charge in [0, 0.05) is 24.6 Å². The molecule has 8 heteroatoms. The van der Waals surface area contributed by atoms with E-state index in [0.29, 0.717) is 39.8 Å². The molecule has 0 aliphatic carbocycles. The zero-order chi connectivity index (χ0) is 25.9. The molecule has 0 saturated heterocycles. The first-order chi connectivity index (χ1) is 18.0. The summed E-state index contributed by atoms with van der Waals surface area (Å²) in [6.45, 7) is 2.31. The second-order valence-corrected chi connectivity index (χ2v) is 8.92. The molecular weight excluding hydrogens is 492 g/mol. The molecule has 3 aromatic carbocycles. The van der Waals surface area contributed by atoms with Crippen LogP contribution < -0.4 is 15.7 Å². The number of nitrogens with one attached hydrogen (secondary N) is 1. The Bertz CT molecular complexity index is 1530. The number of urea groups is 1. The maximum Gasteiger partial charge on any atom is 0.336 e. The highest BCUT2D eigenvalue weighted by Crippen LogP contribution is 2.36. The molecule has 5 rings (SSSR count). The Kier molecular flexibility index (Phi) is 6.88. The van der Waals surface area contributed by atoms with Crippen molar-refractivity contribution < 1.29 is 18.7 Å². The number of ether oxygens (including phenoxy) is 2. The van der Waals surface area contributed by atoms with Crippen LogP contribution >= 0.6 is 11.6 Å². The van der Waals surface area contributed by atoms with E-state index >= 15 is 0 Å². The van der Waals surface area contributed by atoms with Gasteiger partial charge in [-0.2, -0.15) is 0 Å². The van der Waals surface area contributed by atoms with E-state index in [4.69, 9.17) is 25.5 Å². The quantitative estimate of drug-likeness (QED) is 0.298. The molecule has 0 unspecified atom stereocenters. The predicted octanol–water partition coefficient (Wildman–Crippen LogP) is 6.14.